The third-order valence-corrected chi connectivity index (χ3v) is 4.98. The van der Waals surface area contributed by atoms with Crippen LogP contribution in [0.3, 0.4) is 0 Å². The minimum absolute atomic E-state index is 0. The summed E-state index contributed by atoms with van der Waals surface area (Å²) in [5.74, 6) is 0. The van der Waals surface area contributed by atoms with Gasteiger partial charge in [-0.2, -0.15) is 0 Å². The molecule has 0 aliphatic rings. The molecule has 1 atom stereocenters. The number of benzene rings is 2. The van der Waals surface area contributed by atoms with Gasteiger partial charge in [0.1, 0.15) is 0 Å². The summed E-state index contributed by atoms with van der Waals surface area (Å²) in [6.45, 7) is 4.14. The molecule has 33 heavy (non-hydrogen) atoms. The Morgan fingerprint density at radius 3 is 1.58 bits per heavy atom. The molecule has 2 aromatic carbocycles. The van der Waals surface area contributed by atoms with E-state index in [-0.39, 0.29) is 24.5 Å². The van der Waals surface area contributed by atoms with Crippen molar-refractivity contribution in [2.24, 2.45) is 9.98 Å². The first-order chi connectivity index (χ1) is 14.6. The second-order valence-corrected chi connectivity index (χ2v) is 7.78. The average molecular weight is 538 g/mol. The van der Waals surface area contributed by atoms with E-state index in [0.717, 1.165) is 21.1 Å². The van der Waals surface area contributed by atoms with Gasteiger partial charge in [-0.3, -0.25) is 9.98 Å². The summed E-state index contributed by atoms with van der Waals surface area (Å²) in [5.41, 5.74) is 4.38. The van der Waals surface area contributed by atoms with E-state index in [1.165, 1.54) is 11.1 Å². The van der Waals surface area contributed by atoms with Crippen molar-refractivity contribution in [3.8, 4) is 0 Å². The molecule has 0 bridgehead atoms. The number of thiophene rings is 1. The molecule has 1 unspecified atom stereocenters. The van der Waals surface area contributed by atoms with E-state index in [0.29, 0.717) is 0 Å². The predicted octanol–water partition coefficient (Wildman–Crippen LogP) is 6.63. The van der Waals surface area contributed by atoms with Crippen LogP contribution in [-0.2, 0) is 32.6 Å². The van der Waals surface area contributed by atoms with E-state index in [9.17, 15) is 13.2 Å². The standard InChI is InChI=1S/C20H18N2S.CHF3O3S.CH3.Fe/c1-15-7-3-5-9-19(15)21-13-17-11-12-18(23-17)14-22-20-10-6-4-8-16(20)2;2-1(3,4)7-8(5)6;;/h3-14H,1-2H3;(H,5,6);1H3;/q;;-1;+2/p-1. The summed E-state index contributed by atoms with van der Waals surface area (Å²) in [5, 5.41) is 0. The Bertz CT molecular complexity index is 1020. The van der Waals surface area contributed by atoms with Crippen molar-refractivity contribution in [2.45, 2.75) is 20.2 Å². The zero-order valence-electron chi connectivity index (χ0n) is 17.9. The summed E-state index contributed by atoms with van der Waals surface area (Å²) in [6.07, 6.45) is -1.26. The molecule has 0 N–H and O–H groups in total. The maximum absolute atomic E-state index is 10.7. The molecular formula is C22H21F3FeN2O3S2. The Kier molecular flexibility index (Phi) is 13.9. The summed E-state index contributed by atoms with van der Waals surface area (Å²) < 4.78 is 52.6. The van der Waals surface area contributed by atoms with Crippen LogP contribution in [0.25, 0.3) is 0 Å². The van der Waals surface area contributed by atoms with Crippen molar-refractivity contribution < 1.29 is 43.2 Å². The van der Waals surface area contributed by atoms with Crippen molar-refractivity contribution in [1.29, 1.82) is 0 Å². The molecule has 178 valence electrons. The zero-order chi connectivity index (χ0) is 22.9. The predicted molar refractivity (Wildman–Crippen MR) is 124 cm³/mol. The van der Waals surface area contributed by atoms with Crippen LogP contribution in [0.1, 0.15) is 20.9 Å². The van der Waals surface area contributed by atoms with E-state index in [4.69, 9.17) is 8.76 Å². The van der Waals surface area contributed by atoms with E-state index in [2.05, 4.69) is 52.3 Å². The SMILES string of the molecule is Cc1ccccc1N=Cc1ccc(C=Nc2ccccc2C)s1.O=S([O-])OC(F)(F)F.[CH3-].[Fe+2]. The molecule has 3 aromatic rings. The summed E-state index contributed by atoms with van der Waals surface area (Å²) >= 11 is -1.83. The fourth-order valence-electron chi connectivity index (χ4n) is 2.27. The van der Waals surface area contributed by atoms with Crippen LogP contribution in [-0.4, -0.2) is 27.6 Å². The fourth-order valence-corrected chi connectivity index (χ4v) is 3.18. The average Bonchev–Trinajstić information content (AvgIpc) is 3.13. The van der Waals surface area contributed by atoms with Crippen LogP contribution >= 0.6 is 11.3 Å². The topological polar surface area (TPSA) is 74.1 Å². The Labute approximate surface area is 208 Å². The van der Waals surface area contributed by atoms with Crippen molar-refractivity contribution in [3.63, 3.8) is 0 Å². The van der Waals surface area contributed by atoms with E-state index in [1.807, 2.05) is 48.8 Å². The normalized spacial score (nSPS) is 11.9. The van der Waals surface area contributed by atoms with Crippen LogP contribution in [0.15, 0.2) is 70.6 Å². The maximum Gasteiger partial charge on any atom is 2.00 e. The van der Waals surface area contributed by atoms with Gasteiger partial charge < -0.3 is 12.0 Å². The van der Waals surface area contributed by atoms with Gasteiger partial charge in [0, 0.05) is 22.2 Å². The van der Waals surface area contributed by atoms with Crippen LogP contribution < -0.4 is 0 Å². The minimum atomic E-state index is -5.09. The number of para-hydroxylation sites is 2. The number of halogens is 3. The number of aliphatic imine (C=N–C) groups is 2. The van der Waals surface area contributed by atoms with Crippen LogP contribution in [0.2, 0.25) is 0 Å². The van der Waals surface area contributed by atoms with E-state index >= 15 is 0 Å². The smallest absolute Gasteiger partial charge is 0.750 e. The quantitative estimate of drug-likeness (QED) is 0.158. The Balaban J connectivity index is 0.000000890. The molecule has 0 aliphatic carbocycles. The van der Waals surface area contributed by atoms with Crippen LogP contribution in [0, 0.1) is 21.3 Å². The molecule has 0 saturated carbocycles. The Morgan fingerprint density at radius 2 is 1.27 bits per heavy atom. The number of nitrogens with zero attached hydrogens (tertiary/aromatic N) is 2. The Hall–Kier alpha value is -2.14. The summed E-state index contributed by atoms with van der Waals surface area (Å²) in [6, 6.07) is 20.4. The van der Waals surface area contributed by atoms with Gasteiger partial charge in [0.25, 0.3) is 0 Å². The molecule has 3 rings (SSSR count). The van der Waals surface area contributed by atoms with Gasteiger partial charge >= 0.3 is 23.4 Å². The van der Waals surface area contributed by atoms with Crippen molar-refractivity contribution in [1.82, 2.24) is 0 Å². The molecule has 1 heterocycles. The van der Waals surface area contributed by atoms with Crippen molar-refractivity contribution >= 4 is 46.5 Å². The second-order valence-electron chi connectivity index (χ2n) is 6.06. The third kappa shape index (κ3) is 12.0. The van der Waals surface area contributed by atoms with Gasteiger partial charge in [0.2, 0.25) is 0 Å². The molecular weight excluding hydrogens is 517 g/mol. The van der Waals surface area contributed by atoms with E-state index in [1.54, 1.807) is 11.3 Å². The van der Waals surface area contributed by atoms with Gasteiger partial charge in [-0.15, -0.1) is 24.5 Å². The monoisotopic (exact) mass is 538 g/mol. The van der Waals surface area contributed by atoms with E-state index < -0.39 is 17.7 Å². The van der Waals surface area contributed by atoms with Gasteiger partial charge in [0.05, 0.1) is 22.7 Å². The summed E-state index contributed by atoms with van der Waals surface area (Å²) in [7, 11) is 0. The number of aryl methyl sites for hydroxylation is 2. The first kappa shape index (κ1) is 30.9. The molecule has 0 radical (unpaired) electrons. The summed E-state index contributed by atoms with van der Waals surface area (Å²) in [4.78, 5) is 11.4. The number of hydrogen-bond donors (Lipinski definition) is 0. The van der Waals surface area contributed by atoms with Gasteiger partial charge in [-0.1, -0.05) is 36.4 Å². The number of alkyl halides is 3. The minimum Gasteiger partial charge on any atom is -0.750 e. The van der Waals surface area contributed by atoms with Gasteiger partial charge in [-0.05, 0) is 49.2 Å². The third-order valence-electron chi connectivity index (χ3n) is 3.70. The largest absolute Gasteiger partial charge is 2.00 e. The van der Waals surface area contributed by atoms with Crippen molar-refractivity contribution in [3.05, 3.63) is 89.0 Å². The van der Waals surface area contributed by atoms with Crippen molar-refractivity contribution in [2.75, 3.05) is 0 Å². The van der Waals surface area contributed by atoms with Gasteiger partial charge in [0.15, 0.2) is 0 Å². The zero-order valence-corrected chi connectivity index (χ0v) is 20.6. The second kappa shape index (κ2) is 14.9. The Morgan fingerprint density at radius 1 is 0.879 bits per heavy atom. The molecule has 0 spiro atoms. The molecule has 0 amide bonds. The molecule has 0 saturated heterocycles. The first-order valence-corrected chi connectivity index (χ1v) is 10.6. The molecule has 1 aromatic heterocycles. The maximum atomic E-state index is 10.7. The molecule has 11 heteroatoms. The van der Waals surface area contributed by atoms with Crippen LogP contribution in [0.4, 0.5) is 24.5 Å². The molecule has 0 fully saturated rings. The fraction of sp³-hybridized carbons (Fsp3) is 0.136. The number of hydrogen-bond acceptors (Lipinski definition) is 6. The number of rotatable bonds is 5. The molecule has 0 aliphatic heterocycles. The van der Waals surface area contributed by atoms with Crippen LogP contribution in [0.5, 0.6) is 0 Å². The first-order valence-electron chi connectivity index (χ1n) is 8.79. The molecule has 5 nitrogen and oxygen atoms in total. The van der Waals surface area contributed by atoms with Gasteiger partial charge in [-0.25, -0.2) is 8.39 Å².